The van der Waals surface area contributed by atoms with Gasteiger partial charge in [-0.1, -0.05) is 6.92 Å². The van der Waals surface area contributed by atoms with E-state index in [0.717, 1.165) is 6.42 Å². The molecule has 0 aromatic heterocycles. The Hall–Kier alpha value is -0.610. The van der Waals surface area contributed by atoms with Crippen LogP contribution in [0, 0.1) is 6.73 Å². The predicted molar refractivity (Wildman–Crippen MR) is 38.2 cm³/mol. The average molecular weight is 158 g/mol. The molecule has 0 radical (unpaired) electrons. The first-order chi connectivity index (χ1) is 5.29. The second-order valence-corrected chi connectivity index (χ2v) is 2.32. The van der Waals surface area contributed by atoms with Crippen molar-refractivity contribution < 1.29 is 14.3 Å². The Balaban J connectivity index is 2.49. The van der Waals surface area contributed by atoms with E-state index in [9.17, 15) is 4.79 Å². The fraction of sp³-hybridized carbons (Fsp3) is 0.714. The standard InChI is InChI=1S/C7H12NO3/c1-3-7(10-2)8-5-11-4-6(8)9/h5,7H,3-4H2,1-2H3/q-1. The zero-order valence-electron chi connectivity index (χ0n) is 6.74. The van der Waals surface area contributed by atoms with Gasteiger partial charge >= 0.3 is 0 Å². The number of carbonyl (C=O) groups is 1. The maximum absolute atomic E-state index is 11.0. The summed E-state index contributed by atoms with van der Waals surface area (Å²) in [5, 5.41) is 0. The van der Waals surface area contributed by atoms with E-state index >= 15 is 0 Å². The number of nitrogens with zero attached hydrogens (tertiary/aromatic N) is 1. The summed E-state index contributed by atoms with van der Waals surface area (Å²) < 4.78 is 9.87. The Morgan fingerprint density at radius 3 is 3.00 bits per heavy atom. The summed E-state index contributed by atoms with van der Waals surface area (Å²) in [5.41, 5.74) is 0. The normalized spacial score (nSPS) is 20.9. The minimum absolute atomic E-state index is 0.0429. The molecule has 1 aliphatic rings. The molecule has 0 aromatic carbocycles. The fourth-order valence-electron chi connectivity index (χ4n) is 1.03. The topological polar surface area (TPSA) is 38.8 Å². The molecule has 64 valence electrons. The Kier molecular flexibility index (Phi) is 2.84. The molecule has 0 N–H and O–H groups in total. The monoisotopic (exact) mass is 158 g/mol. The van der Waals surface area contributed by atoms with Crippen LogP contribution in [-0.2, 0) is 14.3 Å². The number of hydrogen-bond donors (Lipinski definition) is 0. The van der Waals surface area contributed by atoms with Gasteiger partial charge in [0.25, 0.3) is 0 Å². The summed E-state index contributed by atoms with van der Waals surface area (Å²) in [4.78, 5) is 12.5. The van der Waals surface area contributed by atoms with E-state index < -0.39 is 0 Å². The van der Waals surface area contributed by atoms with Crippen molar-refractivity contribution in [2.75, 3.05) is 13.7 Å². The summed E-state index contributed by atoms with van der Waals surface area (Å²) in [7, 11) is 1.58. The molecule has 1 amide bonds. The van der Waals surface area contributed by atoms with Crippen LogP contribution in [0.3, 0.4) is 0 Å². The van der Waals surface area contributed by atoms with Gasteiger partial charge in [-0.2, -0.15) is 0 Å². The number of ether oxygens (including phenoxy) is 2. The highest BCUT2D eigenvalue weighted by Gasteiger charge is 2.18. The van der Waals surface area contributed by atoms with E-state index in [1.165, 1.54) is 11.6 Å². The highest BCUT2D eigenvalue weighted by molar-refractivity contribution is 5.79. The van der Waals surface area contributed by atoms with Crippen molar-refractivity contribution in [2.24, 2.45) is 0 Å². The van der Waals surface area contributed by atoms with Crippen molar-refractivity contribution in [3.63, 3.8) is 0 Å². The van der Waals surface area contributed by atoms with E-state index in [2.05, 4.69) is 0 Å². The summed E-state index contributed by atoms with van der Waals surface area (Å²) >= 11 is 0. The van der Waals surface area contributed by atoms with E-state index in [1.807, 2.05) is 6.92 Å². The van der Waals surface area contributed by atoms with E-state index in [4.69, 9.17) is 9.47 Å². The fourth-order valence-corrected chi connectivity index (χ4v) is 1.03. The molecule has 1 heterocycles. The third kappa shape index (κ3) is 1.70. The van der Waals surface area contributed by atoms with Gasteiger partial charge in [-0.3, -0.25) is 4.79 Å². The maximum atomic E-state index is 11.0. The SMILES string of the molecule is CCC(OC)N1[CH-]OCC1=O. The molecule has 1 atom stereocenters. The Labute approximate surface area is 66.1 Å². The van der Waals surface area contributed by atoms with Crippen molar-refractivity contribution in [3.8, 4) is 0 Å². The van der Waals surface area contributed by atoms with E-state index in [-0.39, 0.29) is 18.7 Å². The molecular formula is C7H12NO3-. The molecule has 0 saturated carbocycles. The van der Waals surface area contributed by atoms with Crippen LogP contribution < -0.4 is 0 Å². The zero-order valence-corrected chi connectivity index (χ0v) is 6.74. The molecule has 1 unspecified atom stereocenters. The summed E-state index contributed by atoms with van der Waals surface area (Å²) in [6.07, 6.45) is 0.590. The number of hydrogen-bond acceptors (Lipinski definition) is 3. The lowest BCUT2D eigenvalue weighted by atomic mass is 10.4. The number of amides is 1. The molecule has 0 bridgehead atoms. The lowest BCUT2D eigenvalue weighted by Crippen LogP contribution is -2.35. The number of rotatable bonds is 3. The number of methoxy groups -OCH3 is 1. The van der Waals surface area contributed by atoms with Crippen LogP contribution >= 0.6 is 0 Å². The van der Waals surface area contributed by atoms with Crippen LogP contribution in [0.15, 0.2) is 0 Å². The molecule has 1 aliphatic heterocycles. The lowest BCUT2D eigenvalue weighted by molar-refractivity contribution is -0.135. The van der Waals surface area contributed by atoms with Gasteiger partial charge in [0.2, 0.25) is 5.91 Å². The van der Waals surface area contributed by atoms with Gasteiger partial charge in [0.1, 0.15) is 6.23 Å². The second kappa shape index (κ2) is 3.69. The first kappa shape index (κ1) is 8.49. The molecule has 1 rings (SSSR count). The van der Waals surface area contributed by atoms with Gasteiger partial charge in [-0.15, -0.1) is 6.73 Å². The summed E-state index contributed by atoms with van der Waals surface area (Å²) in [5.74, 6) is -0.0429. The van der Waals surface area contributed by atoms with Gasteiger partial charge in [0.05, 0.1) is 6.61 Å². The molecule has 1 fully saturated rings. The average Bonchev–Trinajstić information content (AvgIpc) is 2.40. The van der Waals surface area contributed by atoms with Gasteiger partial charge in [0.15, 0.2) is 0 Å². The molecule has 0 spiro atoms. The molecule has 1 saturated heterocycles. The highest BCUT2D eigenvalue weighted by atomic mass is 16.5. The molecule has 4 heteroatoms. The van der Waals surface area contributed by atoms with Crippen molar-refractivity contribution >= 4 is 5.91 Å². The molecule has 0 aliphatic carbocycles. The molecule has 4 nitrogen and oxygen atoms in total. The highest BCUT2D eigenvalue weighted by Crippen LogP contribution is 2.13. The number of carbonyl (C=O) groups excluding carboxylic acids is 1. The van der Waals surface area contributed by atoms with Crippen molar-refractivity contribution in [3.05, 3.63) is 6.73 Å². The first-order valence-electron chi connectivity index (χ1n) is 3.58. The van der Waals surface area contributed by atoms with Crippen LogP contribution in [0.4, 0.5) is 0 Å². The minimum atomic E-state index is -0.176. The second-order valence-electron chi connectivity index (χ2n) is 2.32. The summed E-state index contributed by atoms with van der Waals surface area (Å²) in [6, 6.07) is 0. The lowest BCUT2D eigenvalue weighted by Gasteiger charge is -2.31. The smallest absolute Gasteiger partial charge is 0.220 e. The van der Waals surface area contributed by atoms with Crippen LogP contribution in [0.2, 0.25) is 0 Å². The first-order valence-corrected chi connectivity index (χ1v) is 3.58. The van der Waals surface area contributed by atoms with Crippen molar-refractivity contribution in [1.29, 1.82) is 0 Å². The van der Waals surface area contributed by atoms with Gasteiger partial charge in [0, 0.05) is 7.11 Å². The quantitative estimate of drug-likeness (QED) is 0.556. The Morgan fingerprint density at radius 1 is 1.91 bits per heavy atom. The maximum Gasteiger partial charge on any atom is 0.220 e. The van der Waals surface area contributed by atoms with Crippen LogP contribution in [0.1, 0.15) is 13.3 Å². The van der Waals surface area contributed by atoms with E-state index in [1.54, 1.807) is 7.11 Å². The largest absolute Gasteiger partial charge is 0.524 e. The third-order valence-corrected chi connectivity index (χ3v) is 1.61. The van der Waals surface area contributed by atoms with Crippen molar-refractivity contribution in [2.45, 2.75) is 19.6 Å². The molecule has 0 aromatic rings. The van der Waals surface area contributed by atoms with E-state index in [0.29, 0.717) is 0 Å². The van der Waals surface area contributed by atoms with Crippen LogP contribution in [-0.4, -0.2) is 30.8 Å². The summed E-state index contributed by atoms with van der Waals surface area (Å²) in [6.45, 7) is 3.51. The van der Waals surface area contributed by atoms with Gasteiger partial charge < -0.3 is 14.4 Å². The third-order valence-electron chi connectivity index (χ3n) is 1.61. The minimum Gasteiger partial charge on any atom is -0.524 e. The Morgan fingerprint density at radius 2 is 2.64 bits per heavy atom. The Bertz CT molecular complexity index is 145. The zero-order chi connectivity index (χ0) is 8.27. The van der Waals surface area contributed by atoms with Crippen molar-refractivity contribution in [1.82, 2.24) is 4.90 Å². The van der Waals surface area contributed by atoms with Crippen LogP contribution in [0.5, 0.6) is 0 Å². The molecule has 11 heavy (non-hydrogen) atoms. The van der Waals surface area contributed by atoms with Gasteiger partial charge in [-0.25, -0.2) is 0 Å². The molecular weight excluding hydrogens is 146 g/mol. The predicted octanol–water partition coefficient (Wildman–Crippen LogP) is 0.347. The van der Waals surface area contributed by atoms with Crippen LogP contribution in [0.25, 0.3) is 0 Å². The van der Waals surface area contributed by atoms with Gasteiger partial charge in [-0.05, 0) is 6.42 Å².